The normalized spacial score (nSPS) is 16.9. The zero-order valence-electron chi connectivity index (χ0n) is 15.7. The first kappa shape index (κ1) is 17.4. The van der Waals surface area contributed by atoms with Gasteiger partial charge in [0.25, 0.3) is 0 Å². The second-order valence-corrected chi connectivity index (χ2v) is 7.44. The van der Waals surface area contributed by atoms with Gasteiger partial charge in [-0.25, -0.2) is 0 Å². The Balaban J connectivity index is 1.54. The van der Waals surface area contributed by atoms with Crippen LogP contribution in [0.2, 0.25) is 0 Å². The molecule has 0 radical (unpaired) electrons. The van der Waals surface area contributed by atoms with Crippen LogP contribution in [-0.4, -0.2) is 7.11 Å². The molecule has 0 bridgehead atoms. The fraction of sp³-hybridized carbons (Fsp3) is 0.231. The summed E-state index contributed by atoms with van der Waals surface area (Å²) < 4.78 is 5.22. The summed E-state index contributed by atoms with van der Waals surface area (Å²) in [7, 11) is 1.69. The molecule has 0 aromatic heterocycles. The molecule has 1 nitrogen and oxygen atoms in total. The van der Waals surface area contributed by atoms with Crippen molar-refractivity contribution in [1.29, 1.82) is 0 Å². The minimum absolute atomic E-state index is 0.252. The number of benzene rings is 3. The molecule has 0 heterocycles. The number of hydrogen-bond donors (Lipinski definition) is 0. The molecule has 1 aliphatic carbocycles. The molecule has 1 fully saturated rings. The van der Waals surface area contributed by atoms with Crippen molar-refractivity contribution < 1.29 is 4.74 Å². The van der Waals surface area contributed by atoms with Gasteiger partial charge in [-0.05, 0) is 60.1 Å². The molecular weight excluding hydrogens is 328 g/mol. The quantitative estimate of drug-likeness (QED) is 0.548. The van der Waals surface area contributed by atoms with Crippen LogP contribution in [0.15, 0.2) is 84.9 Å². The Morgan fingerprint density at radius 3 is 1.89 bits per heavy atom. The van der Waals surface area contributed by atoms with Crippen LogP contribution in [0.5, 0.6) is 5.75 Å². The van der Waals surface area contributed by atoms with Gasteiger partial charge in [-0.2, -0.15) is 0 Å². The highest BCUT2D eigenvalue weighted by atomic mass is 16.5. The fourth-order valence-corrected chi connectivity index (χ4v) is 3.85. The predicted octanol–water partition coefficient (Wildman–Crippen LogP) is 5.54. The van der Waals surface area contributed by atoms with Gasteiger partial charge in [0.05, 0.1) is 7.11 Å². The molecule has 1 heteroatoms. The summed E-state index contributed by atoms with van der Waals surface area (Å²) in [5.74, 6) is 8.24. The number of methoxy groups -OCH3 is 1. The highest BCUT2D eigenvalue weighted by Crippen LogP contribution is 2.56. The van der Waals surface area contributed by atoms with Gasteiger partial charge in [-0.3, -0.25) is 0 Å². The molecule has 0 saturated heterocycles. The van der Waals surface area contributed by atoms with E-state index in [9.17, 15) is 0 Å². The van der Waals surface area contributed by atoms with Crippen molar-refractivity contribution in [2.24, 2.45) is 11.3 Å². The summed E-state index contributed by atoms with van der Waals surface area (Å²) in [6, 6.07) is 29.6. The zero-order valence-corrected chi connectivity index (χ0v) is 15.7. The molecule has 1 saturated carbocycles. The van der Waals surface area contributed by atoms with E-state index in [-0.39, 0.29) is 5.41 Å². The van der Waals surface area contributed by atoms with E-state index in [1.807, 2.05) is 24.3 Å². The fourth-order valence-electron chi connectivity index (χ4n) is 3.85. The Kier molecular flexibility index (Phi) is 4.99. The molecule has 0 aliphatic heterocycles. The largest absolute Gasteiger partial charge is 0.497 e. The first-order chi connectivity index (χ1) is 13.3. The molecule has 1 atom stereocenters. The molecule has 0 unspecified atom stereocenters. The standard InChI is InChI=1S/C26H24O/c1-27-25-16-13-21(14-17-25)12-15-24-20-26(24,18-22-8-4-2-5-9-22)19-23-10-6-3-7-11-23/h2-11,13-14,16-17,24H,18-20H2,1H3/t24-/m1/s1. The Morgan fingerprint density at radius 2 is 1.37 bits per heavy atom. The maximum absolute atomic E-state index is 5.22. The van der Waals surface area contributed by atoms with E-state index < -0.39 is 0 Å². The van der Waals surface area contributed by atoms with Crippen molar-refractivity contribution in [3.05, 3.63) is 102 Å². The monoisotopic (exact) mass is 352 g/mol. The SMILES string of the molecule is COc1ccc(C#C[C@@H]2CC2(Cc2ccccc2)Cc2ccccc2)cc1. The van der Waals surface area contributed by atoms with E-state index in [2.05, 4.69) is 72.5 Å². The number of hydrogen-bond acceptors (Lipinski definition) is 1. The van der Waals surface area contributed by atoms with Gasteiger partial charge in [-0.1, -0.05) is 72.5 Å². The maximum atomic E-state index is 5.22. The summed E-state index contributed by atoms with van der Waals surface area (Å²) in [5, 5.41) is 0. The highest BCUT2D eigenvalue weighted by Gasteiger charge is 2.52. The second kappa shape index (κ2) is 7.72. The van der Waals surface area contributed by atoms with E-state index in [0.29, 0.717) is 5.92 Å². The van der Waals surface area contributed by atoms with Crippen molar-refractivity contribution in [3.63, 3.8) is 0 Å². The summed E-state index contributed by atoms with van der Waals surface area (Å²) in [6.45, 7) is 0. The third-order valence-corrected chi connectivity index (χ3v) is 5.47. The zero-order chi connectivity index (χ0) is 18.5. The van der Waals surface area contributed by atoms with E-state index in [1.54, 1.807) is 7.11 Å². The van der Waals surface area contributed by atoms with Gasteiger partial charge in [0, 0.05) is 11.5 Å². The first-order valence-corrected chi connectivity index (χ1v) is 9.51. The minimum Gasteiger partial charge on any atom is -0.497 e. The lowest BCUT2D eigenvalue weighted by Gasteiger charge is -2.16. The summed E-state index contributed by atoms with van der Waals surface area (Å²) in [6.07, 6.45) is 3.34. The molecular formula is C26H24O. The average molecular weight is 352 g/mol. The van der Waals surface area contributed by atoms with E-state index in [4.69, 9.17) is 4.74 Å². The van der Waals surface area contributed by atoms with Gasteiger partial charge < -0.3 is 4.74 Å². The van der Waals surface area contributed by atoms with E-state index in [1.165, 1.54) is 17.5 Å². The third-order valence-electron chi connectivity index (χ3n) is 5.47. The van der Waals surface area contributed by atoms with Gasteiger partial charge in [0.15, 0.2) is 0 Å². The van der Waals surface area contributed by atoms with Gasteiger partial charge >= 0.3 is 0 Å². The molecule has 1 aliphatic rings. The first-order valence-electron chi connectivity index (χ1n) is 9.51. The molecule has 3 aromatic carbocycles. The number of rotatable bonds is 5. The molecule has 0 amide bonds. The highest BCUT2D eigenvalue weighted by molar-refractivity contribution is 5.40. The van der Waals surface area contributed by atoms with Crippen molar-refractivity contribution in [2.75, 3.05) is 7.11 Å². The van der Waals surface area contributed by atoms with Crippen LogP contribution in [0.4, 0.5) is 0 Å². The molecule has 134 valence electrons. The molecule has 3 aromatic rings. The summed E-state index contributed by atoms with van der Waals surface area (Å²) >= 11 is 0. The van der Waals surface area contributed by atoms with Gasteiger partial charge in [0.2, 0.25) is 0 Å². The van der Waals surface area contributed by atoms with Crippen LogP contribution in [0.25, 0.3) is 0 Å². The van der Waals surface area contributed by atoms with E-state index >= 15 is 0 Å². The van der Waals surface area contributed by atoms with Crippen LogP contribution in [0.3, 0.4) is 0 Å². The smallest absolute Gasteiger partial charge is 0.118 e. The molecule has 0 spiro atoms. The van der Waals surface area contributed by atoms with E-state index in [0.717, 1.165) is 24.2 Å². The maximum Gasteiger partial charge on any atom is 0.118 e. The van der Waals surface area contributed by atoms with Crippen LogP contribution in [0, 0.1) is 23.2 Å². The van der Waals surface area contributed by atoms with Crippen LogP contribution >= 0.6 is 0 Å². The average Bonchev–Trinajstić information content (AvgIpc) is 3.39. The Hall–Kier alpha value is -2.98. The van der Waals surface area contributed by atoms with Crippen molar-refractivity contribution in [2.45, 2.75) is 19.3 Å². The van der Waals surface area contributed by atoms with Crippen LogP contribution in [0.1, 0.15) is 23.1 Å². The molecule has 27 heavy (non-hydrogen) atoms. The Labute approximate surface area is 162 Å². The summed E-state index contributed by atoms with van der Waals surface area (Å²) in [5.41, 5.74) is 4.11. The van der Waals surface area contributed by atoms with Crippen LogP contribution < -0.4 is 4.74 Å². The minimum atomic E-state index is 0.252. The topological polar surface area (TPSA) is 9.23 Å². The van der Waals surface area contributed by atoms with Crippen molar-refractivity contribution in [1.82, 2.24) is 0 Å². The lowest BCUT2D eigenvalue weighted by atomic mass is 9.87. The molecule has 0 N–H and O–H groups in total. The third kappa shape index (κ3) is 4.23. The van der Waals surface area contributed by atoms with Gasteiger partial charge in [-0.15, -0.1) is 0 Å². The molecule has 4 rings (SSSR count). The lowest BCUT2D eigenvalue weighted by molar-refractivity contribution is 0.415. The predicted molar refractivity (Wildman–Crippen MR) is 111 cm³/mol. The van der Waals surface area contributed by atoms with Crippen molar-refractivity contribution >= 4 is 0 Å². The van der Waals surface area contributed by atoms with Crippen LogP contribution in [-0.2, 0) is 12.8 Å². The van der Waals surface area contributed by atoms with Gasteiger partial charge in [0.1, 0.15) is 5.75 Å². The second-order valence-electron chi connectivity index (χ2n) is 7.44. The lowest BCUT2D eigenvalue weighted by Crippen LogP contribution is -2.12. The Morgan fingerprint density at radius 1 is 0.815 bits per heavy atom. The van der Waals surface area contributed by atoms with Crippen molar-refractivity contribution in [3.8, 4) is 17.6 Å². The summed E-state index contributed by atoms with van der Waals surface area (Å²) in [4.78, 5) is 0. The number of ether oxygens (including phenoxy) is 1. The Bertz CT molecular complexity index is 889.